The number of hydrogen-bond acceptors (Lipinski definition) is 10. The zero-order chi connectivity index (χ0) is 29.7. The minimum atomic E-state index is -4.14. The lowest BCUT2D eigenvalue weighted by atomic mass is 10.2. The molecular formula is C29H28N6O5S2. The van der Waals surface area contributed by atoms with Crippen LogP contribution in [0.5, 0.6) is 11.5 Å². The fraction of sp³-hybridized carbons (Fsp3) is 0.138. The quantitative estimate of drug-likeness (QED) is 0.183. The molecule has 216 valence electrons. The number of rotatable bonds is 11. The number of carbonyl (C=O) groups is 1. The molecule has 0 radical (unpaired) electrons. The molecule has 3 N–H and O–H groups in total. The summed E-state index contributed by atoms with van der Waals surface area (Å²) in [5.41, 5.74) is 1.96. The molecule has 5 rings (SSSR count). The van der Waals surface area contributed by atoms with Crippen molar-refractivity contribution in [2.24, 2.45) is 0 Å². The third-order valence-electron chi connectivity index (χ3n) is 6.11. The van der Waals surface area contributed by atoms with Crippen molar-refractivity contribution in [3.8, 4) is 11.5 Å². The number of carbonyl (C=O) groups excluding carboxylic acids is 1. The molecule has 0 aliphatic heterocycles. The van der Waals surface area contributed by atoms with Gasteiger partial charge < -0.3 is 25.0 Å². The maximum atomic E-state index is 13.5. The normalized spacial score (nSPS) is 11.1. The Balaban J connectivity index is 1.41. The van der Waals surface area contributed by atoms with Crippen molar-refractivity contribution in [1.29, 1.82) is 0 Å². The molecule has 2 aromatic heterocycles. The summed E-state index contributed by atoms with van der Waals surface area (Å²) >= 11 is 1.52. The monoisotopic (exact) mass is 604 g/mol. The Bertz CT molecular complexity index is 1810. The lowest BCUT2D eigenvalue weighted by Gasteiger charge is -2.17. The largest absolute Gasteiger partial charge is 0.497 e. The van der Waals surface area contributed by atoms with Gasteiger partial charge in [0.2, 0.25) is 5.91 Å². The van der Waals surface area contributed by atoms with E-state index in [0.717, 1.165) is 5.00 Å². The summed E-state index contributed by atoms with van der Waals surface area (Å²) in [5.74, 6) is 0.950. The van der Waals surface area contributed by atoms with E-state index in [9.17, 15) is 13.2 Å². The molecule has 0 aliphatic rings. The van der Waals surface area contributed by atoms with Gasteiger partial charge in [-0.3, -0.25) is 9.52 Å². The Morgan fingerprint density at radius 3 is 2.19 bits per heavy atom. The molecule has 0 bridgehead atoms. The number of anilines is 5. The van der Waals surface area contributed by atoms with Gasteiger partial charge in [-0.2, -0.15) is 0 Å². The van der Waals surface area contributed by atoms with Crippen LogP contribution in [0.2, 0.25) is 0 Å². The number of para-hydroxylation sites is 2. The number of amides is 1. The zero-order valence-corrected chi connectivity index (χ0v) is 24.6. The van der Waals surface area contributed by atoms with Crippen molar-refractivity contribution in [1.82, 2.24) is 9.97 Å². The standard InChI is InChI=1S/C29H28N6O5S2/c1-35(27-12-7-13-41-27)18-26(36)30-19-8-6-9-23(16-19)42(37,38)34-29-28(32-24-10-4-5-11-25(24)33-29)31-20-14-21(39-2)17-22(15-20)40-3/h4-17H,18H2,1-3H3,(H,30,36)(H,31,32)(H,33,34). The van der Waals surface area contributed by atoms with Gasteiger partial charge in [0.05, 0.1) is 41.7 Å². The van der Waals surface area contributed by atoms with E-state index < -0.39 is 10.0 Å². The Labute approximate surface area is 247 Å². The zero-order valence-electron chi connectivity index (χ0n) is 23.0. The van der Waals surface area contributed by atoms with Gasteiger partial charge in [0, 0.05) is 36.6 Å². The van der Waals surface area contributed by atoms with Gasteiger partial charge >= 0.3 is 0 Å². The molecule has 11 nitrogen and oxygen atoms in total. The fourth-order valence-corrected chi connectivity index (χ4v) is 5.84. The van der Waals surface area contributed by atoms with Crippen LogP contribution in [0.1, 0.15) is 0 Å². The number of thiophene rings is 1. The summed E-state index contributed by atoms with van der Waals surface area (Å²) in [6.07, 6.45) is 0. The van der Waals surface area contributed by atoms with Gasteiger partial charge in [-0.15, -0.1) is 11.3 Å². The lowest BCUT2D eigenvalue weighted by Crippen LogP contribution is -2.29. The highest BCUT2D eigenvalue weighted by Gasteiger charge is 2.20. The molecule has 0 spiro atoms. The molecule has 5 aromatic rings. The number of fused-ring (bicyclic) bond motifs is 1. The number of nitrogens with zero attached hydrogens (tertiary/aromatic N) is 3. The Morgan fingerprint density at radius 2 is 1.55 bits per heavy atom. The second-order valence-electron chi connectivity index (χ2n) is 9.12. The number of ether oxygens (including phenoxy) is 2. The van der Waals surface area contributed by atoms with Gasteiger partial charge in [0.25, 0.3) is 10.0 Å². The number of methoxy groups -OCH3 is 2. The van der Waals surface area contributed by atoms with Crippen molar-refractivity contribution in [2.75, 3.05) is 48.1 Å². The third kappa shape index (κ3) is 6.70. The first-order chi connectivity index (χ1) is 20.2. The molecule has 3 aromatic carbocycles. The number of hydrogen-bond donors (Lipinski definition) is 3. The number of aromatic nitrogens is 2. The fourth-order valence-electron chi connectivity index (χ4n) is 4.08. The van der Waals surface area contributed by atoms with E-state index in [-0.39, 0.29) is 29.0 Å². The van der Waals surface area contributed by atoms with E-state index in [1.807, 2.05) is 35.5 Å². The predicted molar refractivity (Wildman–Crippen MR) is 166 cm³/mol. The average molecular weight is 605 g/mol. The first kappa shape index (κ1) is 28.6. The van der Waals surface area contributed by atoms with E-state index in [4.69, 9.17) is 9.47 Å². The van der Waals surface area contributed by atoms with Crippen LogP contribution in [0.4, 0.5) is 28.0 Å². The molecule has 0 saturated heterocycles. The molecule has 0 atom stereocenters. The maximum Gasteiger partial charge on any atom is 0.263 e. The smallest absolute Gasteiger partial charge is 0.263 e. The van der Waals surface area contributed by atoms with Gasteiger partial charge in [-0.1, -0.05) is 18.2 Å². The third-order valence-corrected chi connectivity index (χ3v) is 8.43. The summed E-state index contributed by atoms with van der Waals surface area (Å²) in [5, 5.41) is 8.78. The first-order valence-electron chi connectivity index (χ1n) is 12.7. The molecule has 42 heavy (non-hydrogen) atoms. The van der Waals surface area contributed by atoms with Crippen LogP contribution in [-0.2, 0) is 14.8 Å². The molecule has 0 aliphatic carbocycles. The Hall–Kier alpha value is -4.88. The van der Waals surface area contributed by atoms with E-state index in [1.54, 1.807) is 48.5 Å². The highest BCUT2D eigenvalue weighted by Crippen LogP contribution is 2.31. The summed E-state index contributed by atoms with van der Waals surface area (Å²) in [6.45, 7) is 0.104. The molecule has 0 saturated carbocycles. The molecule has 0 fully saturated rings. The van der Waals surface area contributed by atoms with E-state index in [1.165, 1.54) is 37.7 Å². The van der Waals surface area contributed by atoms with Crippen LogP contribution < -0.4 is 29.7 Å². The highest BCUT2D eigenvalue weighted by molar-refractivity contribution is 7.92. The van der Waals surface area contributed by atoms with Gasteiger partial charge in [-0.05, 0) is 47.8 Å². The van der Waals surface area contributed by atoms with Crippen LogP contribution in [0, 0.1) is 0 Å². The van der Waals surface area contributed by atoms with Crippen LogP contribution >= 0.6 is 11.3 Å². The van der Waals surface area contributed by atoms with Crippen molar-refractivity contribution in [2.45, 2.75) is 4.90 Å². The number of sulfonamides is 1. The average Bonchev–Trinajstić information content (AvgIpc) is 3.53. The van der Waals surface area contributed by atoms with Gasteiger partial charge in [-0.25, -0.2) is 18.4 Å². The molecule has 0 unspecified atom stereocenters. The molecule has 13 heteroatoms. The molecular weight excluding hydrogens is 576 g/mol. The number of benzene rings is 3. The van der Waals surface area contributed by atoms with E-state index >= 15 is 0 Å². The number of nitrogens with one attached hydrogen (secondary N) is 3. The molecule has 2 heterocycles. The second-order valence-corrected chi connectivity index (χ2v) is 11.7. The van der Waals surface area contributed by atoms with Crippen LogP contribution in [0.15, 0.2) is 89.1 Å². The Morgan fingerprint density at radius 1 is 0.857 bits per heavy atom. The second kappa shape index (κ2) is 12.3. The van der Waals surface area contributed by atoms with Crippen molar-refractivity contribution >= 4 is 66.3 Å². The summed E-state index contributed by atoms with van der Waals surface area (Å²) in [6, 6.07) is 22.1. The predicted octanol–water partition coefficient (Wildman–Crippen LogP) is 5.33. The van der Waals surface area contributed by atoms with E-state index in [0.29, 0.717) is 33.9 Å². The van der Waals surface area contributed by atoms with Crippen molar-refractivity contribution in [3.63, 3.8) is 0 Å². The van der Waals surface area contributed by atoms with Gasteiger partial charge in [0.15, 0.2) is 11.6 Å². The molecule has 1 amide bonds. The minimum Gasteiger partial charge on any atom is -0.497 e. The van der Waals surface area contributed by atoms with Crippen LogP contribution in [0.3, 0.4) is 0 Å². The van der Waals surface area contributed by atoms with Crippen LogP contribution in [-0.4, -0.2) is 52.1 Å². The summed E-state index contributed by atoms with van der Waals surface area (Å²) in [4.78, 5) is 23.6. The Kier molecular flexibility index (Phi) is 8.41. The summed E-state index contributed by atoms with van der Waals surface area (Å²) < 4.78 is 40.4. The van der Waals surface area contributed by atoms with Crippen LogP contribution in [0.25, 0.3) is 11.0 Å². The highest BCUT2D eigenvalue weighted by atomic mass is 32.2. The summed E-state index contributed by atoms with van der Waals surface area (Å²) in [7, 11) is 0.741. The van der Waals surface area contributed by atoms with Crippen molar-refractivity contribution < 1.29 is 22.7 Å². The van der Waals surface area contributed by atoms with E-state index in [2.05, 4.69) is 25.3 Å². The maximum absolute atomic E-state index is 13.5. The first-order valence-corrected chi connectivity index (χ1v) is 15.0. The lowest BCUT2D eigenvalue weighted by molar-refractivity contribution is -0.114. The topological polar surface area (TPSA) is 135 Å². The van der Waals surface area contributed by atoms with Gasteiger partial charge in [0.1, 0.15) is 11.5 Å². The van der Waals surface area contributed by atoms with Crippen molar-refractivity contribution in [3.05, 3.63) is 84.2 Å². The SMILES string of the molecule is COc1cc(Nc2nc3ccccc3nc2NS(=O)(=O)c2cccc(NC(=O)CN(C)c3cccs3)c2)cc(OC)c1. The minimum absolute atomic E-state index is 0.0116. The number of likely N-dealkylation sites (N-methyl/N-ethyl adjacent to an activating group) is 1.